The van der Waals surface area contributed by atoms with Crippen LogP contribution in [0.1, 0.15) is 56.4 Å². The molecule has 3 rings (SSSR count). The van der Waals surface area contributed by atoms with Crippen LogP contribution in [-0.2, 0) is 0 Å². The number of likely N-dealkylation sites (tertiary alicyclic amines) is 1. The second kappa shape index (κ2) is 8.51. The highest BCUT2D eigenvalue weighted by molar-refractivity contribution is 5.83. The van der Waals surface area contributed by atoms with Crippen molar-refractivity contribution in [2.75, 3.05) is 26.2 Å². The molecule has 1 fully saturated rings. The van der Waals surface area contributed by atoms with Gasteiger partial charge in [0.2, 0.25) is 0 Å². The largest absolute Gasteiger partial charge is 0.361 e. The van der Waals surface area contributed by atoms with Crippen molar-refractivity contribution in [2.45, 2.75) is 50.9 Å². The van der Waals surface area contributed by atoms with Crippen LogP contribution >= 0.6 is 0 Å². The second-order valence-corrected chi connectivity index (χ2v) is 6.96. The van der Waals surface area contributed by atoms with Crippen LogP contribution < -0.4 is 5.73 Å². The lowest BCUT2D eigenvalue weighted by Crippen LogP contribution is -2.33. The molecule has 23 heavy (non-hydrogen) atoms. The summed E-state index contributed by atoms with van der Waals surface area (Å²) in [5.74, 6) is 0.729. The highest BCUT2D eigenvalue weighted by Gasteiger charge is 2.22. The molecule has 0 aliphatic carbocycles. The van der Waals surface area contributed by atoms with Crippen molar-refractivity contribution in [2.24, 2.45) is 5.73 Å². The van der Waals surface area contributed by atoms with Gasteiger partial charge >= 0.3 is 0 Å². The maximum Gasteiger partial charge on any atom is 0.0456 e. The van der Waals surface area contributed by atoms with E-state index in [1.54, 1.807) is 0 Å². The smallest absolute Gasteiger partial charge is 0.0456 e. The molecule has 0 unspecified atom stereocenters. The zero-order chi connectivity index (χ0) is 15.9. The van der Waals surface area contributed by atoms with Crippen molar-refractivity contribution in [3.05, 3.63) is 36.0 Å². The molecule has 0 spiro atoms. The molecule has 1 aromatic carbocycles. The maximum absolute atomic E-state index is 5.54. The molecule has 0 radical (unpaired) electrons. The van der Waals surface area contributed by atoms with Gasteiger partial charge in [-0.15, -0.1) is 0 Å². The van der Waals surface area contributed by atoms with Gasteiger partial charge in [0.05, 0.1) is 0 Å². The first-order valence-electron chi connectivity index (χ1n) is 9.37. The average molecular weight is 313 g/mol. The third-order valence-corrected chi connectivity index (χ3v) is 5.33. The van der Waals surface area contributed by atoms with Gasteiger partial charge in [-0.05, 0) is 69.4 Å². The molecule has 0 amide bonds. The first-order chi connectivity index (χ1) is 11.4. The van der Waals surface area contributed by atoms with Crippen LogP contribution in [0.2, 0.25) is 0 Å². The molecule has 2 aromatic rings. The van der Waals surface area contributed by atoms with E-state index in [1.807, 2.05) is 0 Å². The van der Waals surface area contributed by atoms with Gasteiger partial charge in [0.25, 0.3) is 0 Å². The number of aromatic nitrogens is 1. The SMILES string of the molecule is NCCCCCCCN1CCC(c2c[nH]c3ccccc23)CC1. The number of aromatic amines is 1. The van der Waals surface area contributed by atoms with Gasteiger partial charge in [-0.25, -0.2) is 0 Å². The molecule has 126 valence electrons. The molecule has 2 heterocycles. The Kier molecular flexibility index (Phi) is 6.12. The molecule has 0 saturated carbocycles. The summed E-state index contributed by atoms with van der Waals surface area (Å²) in [5.41, 5.74) is 8.35. The fourth-order valence-corrected chi connectivity index (χ4v) is 3.91. The number of benzene rings is 1. The van der Waals surface area contributed by atoms with Crippen LogP contribution in [0.25, 0.3) is 10.9 Å². The number of fused-ring (bicyclic) bond motifs is 1. The van der Waals surface area contributed by atoms with Gasteiger partial charge in [-0.2, -0.15) is 0 Å². The van der Waals surface area contributed by atoms with Crippen LogP contribution in [0.4, 0.5) is 0 Å². The van der Waals surface area contributed by atoms with E-state index in [1.165, 1.54) is 81.0 Å². The van der Waals surface area contributed by atoms with Crippen LogP contribution in [0, 0.1) is 0 Å². The third-order valence-electron chi connectivity index (χ3n) is 5.33. The minimum atomic E-state index is 0.729. The van der Waals surface area contributed by atoms with Crippen molar-refractivity contribution in [3.63, 3.8) is 0 Å². The molecule has 3 heteroatoms. The summed E-state index contributed by atoms with van der Waals surface area (Å²) in [6.07, 6.45) is 11.4. The van der Waals surface area contributed by atoms with Crippen molar-refractivity contribution < 1.29 is 0 Å². The lowest BCUT2D eigenvalue weighted by atomic mass is 9.89. The molecule has 0 atom stereocenters. The van der Waals surface area contributed by atoms with Crippen molar-refractivity contribution in [1.82, 2.24) is 9.88 Å². The lowest BCUT2D eigenvalue weighted by molar-refractivity contribution is 0.208. The number of piperidine rings is 1. The average Bonchev–Trinajstić information content (AvgIpc) is 3.03. The van der Waals surface area contributed by atoms with E-state index in [4.69, 9.17) is 5.73 Å². The van der Waals surface area contributed by atoms with Crippen molar-refractivity contribution in [3.8, 4) is 0 Å². The van der Waals surface area contributed by atoms with E-state index < -0.39 is 0 Å². The first-order valence-corrected chi connectivity index (χ1v) is 9.37. The number of para-hydroxylation sites is 1. The molecular formula is C20H31N3. The van der Waals surface area contributed by atoms with Gasteiger partial charge in [0.1, 0.15) is 0 Å². The molecule has 1 aliphatic rings. The fourth-order valence-electron chi connectivity index (χ4n) is 3.91. The van der Waals surface area contributed by atoms with Crippen molar-refractivity contribution in [1.29, 1.82) is 0 Å². The molecule has 3 N–H and O–H groups in total. The van der Waals surface area contributed by atoms with E-state index in [0.717, 1.165) is 12.5 Å². The Balaban J connectivity index is 1.42. The van der Waals surface area contributed by atoms with E-state index in [-0.39, 0.29) is 0 Å². The second-order valence-electron chi connectivity index (χ2n) is 6.96. The Morgan fingerprint density at radius 2 is 1.74 bits per heavy atom. The number of unbranched alkanes of at least 4 members (excludes halogenated alkanes) is 4. The number of hydrogen-bond acceptors (Lipinski definition) is 2. The molecule has 3 nitrogen and oxygen atoms in total. The number of nitrogens with two attached hydrogens (primary N) is 1. The Hall–Kier alpha value is -1.32. The Bertz CT molecular complexity index is 581. The standard InChI is InChI=1S/C20H31N3/c21-12-6-2-1-3-7-13-23-14-10-17(11-15-23)19-16-22-20-9-5-4-8-18(19)20/h4-5,8-9,16-17,22H,1-3,6-7,10-15,21H2. The first kappa shape index (κ1) is 16.5. The van der Waals surface area contributed by atoms with E-state index >= 15 is 0 Å². The molecule has 1 saturated heterocycles. The van der Waals surface area contributed by atoms with Gasteiger partial charge in [0, 0.05) is 17.1 Å². The summed E-state index contributed by atoms with van der Waals surface area (Å²) in [5, 5.41) is 1.42. The third kappa shape index (κ3) is 4.36. The van der Waals surface area contributed by atoms with E-state index in [9.17, 15) is 0 Å². The topological polar surface area (TPSA) is 45.0 Å². The zero-order valence-electron chi connectivity index (χ0n) is 14.3. The predicted octanol–water partition coefficient (Wildman–Crippen LogP) is 4.26. The minimum absolute atomic E-state index is 0.729. The number of nitrogens with one attached hydrogen (secondary N) is 1. The summed E-state index contributed by atoms with van der Waals surface area (Å²) in [6, 6.07) is 8.70. The number of H-pyrrole nitrogens is 1. The summed E-state index contributed by atoms with van der Waals surface area (Å²) >= 11 is 0. The summed E-state index contributed by atoms with van der Waals surface area (Å²) in [6.45, 7) is 4.64. The number of hydrogen-bond donors (Lipinski definition) is 2. The Morgan fingerprint density at radius 3 is 2.57 bits per heavy atom. The fraction of sp³-hybridized carbons (Fsp3) is 0.600. The van der Waals surface area contributed by atoms with E-state index in [2.05, 4.69) is 40.3 Å². The molecular weight excluding hydrogens is 282 g/mol. The summed E-state index contributed by atoms with van der Waals surface area (Å²) in [4.78, 5) is 6.09. The Labute approximate surface area is 140 Å². The van der Waals surface area contributed by atoms with E-state index in [0.29, 0.717) is 0 Å². The number of nitrogens with zero attached hydrogens (tertiary/aromatic N) is 1. The normalized spacial score (nSPS) is 17.1. The monoisotopic (exact) mass is 313 g/mol. The molecule has 1 aliphatic heterocycles. The van der Waals surface area contributed by atoms with Crippen molar-refractivity contribution >= 4 is 10.9 Å². The van der Waals surface area contributed by atoms with Gasteiger partial charge in [-0.3, -0.25) is 0 Å². The van der Waals surface area contributed by atoms with Crippen LogP contribution in [0.3, 0.4) is 0 Å². The van der Waals surface area contributed by atoms with Crippen LogP contribution in [-0.4, -0.2) is 36.1 Å². The zero-order valence-corrected chi connectivity index (χ0v) is 14.3. The van der Waals surface area contributed by atoms with Gasteiger partial charge < -0.3 is 15.6 Å². The number of rotatable bonds is 8. The summed E-state index contributed by atoms with van der Waals surface area (Å²) in [7, 11) is 0. The highest BCUT2D eigenvalue weighted by atomic mass is 15.1. The molecule has 0 bridgehead atoms. The van der Waals surface area contributed by atoms with Crippen LogP contribution in [0.15, 0.2) is 30.5 Å². The quantitative estimate of drug-likeness (QED) is 0.715. The van der Waals surface area contributed by atoms with Gasteiger partial charge in [-0.1, -0.05) is 37.5 Å². The Morgan fingerprint density at radius 1 is 1.00 bits per heavy atom. The van der Waals surface area contributed by atoms with Gasteiger partial charge in [0.15, 0.2) is 0 Å². The highest BCUT2D eigenvalue weighted by Crippen LogP contribution is 2.33. The lowest BCUT2D eigenvalue weighted by Gasteiger charge is -2.32. The maximum atomic E-state index is 5.54. The molecule has 1 aromatic heterocycles. The van der Waals surface area contributed by atoms with Crippen LogP contribution in [0.5, 0.6) is 0 Å². The predicted molar refractivity (Wildman–Crippen MR) is 98.9 cm³/mol. The summed E-state index contributed by atoms with van der Waals surface area (Å²) < 4.78 is 0. The minimum Gasteiger partial charge on any atom is -0.361 e.